The fourth-order valence-electron chi connectivity index (χ4n) is 4.08. The molecule has 0 aromatic heterocycles. The van der Waals surface area contributed by atoms with Crippen molar-refractivity contribution in [3.05, 3.63) is 53.1 Å². The van der Waals surface area contributed by atoms with Crippen LogP contribution < -0.4 is 21.3 Å². The quantitative estimate of drug-likeness (QED) is 0.772. The molecule has 0 bridgehead atoms. The molecule has 0 amide bonds. The van der Waals surface area contributed by atoms with Crippen molar-refractivity contribution in [2.24, 2.45) is 5.73 Å². The predicted octanol–water partition coefficient (Wildman–Crippen LogP) is 2.76. The minimum atomic E-state index is -0.686. The van der Waals surface area contributed by atoms with Crippen LogP contribution in [0.25, 0.3) is 0 Å². The molecule has 5 nitrogen and oxygen atoms in total. The number of nitrogens with one attached hydrogen (secondary N) is 2. The van der Waals surface area contributed by atoms with Gasteiger partial charge < -0.3 is 21.3 Å². The van der Waals surface area contributed by atoms with Crippen LogP contribution in [0.3, 0.4) is 0 Å². The van der Waals surface area contributed by atoms with Gasteiger partial charge in [-0.15, -0.1) is 0 Å². The van der Waals surface area contributed by atoms with E-state index in [1.54, 1.807) is 6.07 Å². The summed E-state index contributed by atoms with van der Waals surface area (Å²) in [7, 11) is 1.91. The Hall–Kier alpha value is -2.69. The summed E-state index contributed by atoms with van der Waals surface area (Å²) in [6.07, 6.45) is 0.767. The van der Waals surface area contributed by atoms with Gasteiger partial charge >= 0.3 is 0 Å². The summed E-state index contributed by atoms with van der Waals surface area (Å²) in [6.45, 7) is 1.53. The maximum Gasteiger partial charge on any atom is 0.149 e. The summed E-state index contributed by atoms with van der Waals surface area (Å²) in [5, 5.41) is 15.9. The highest BCUT2D eigenvalue weighted by Gasteiger charge is 2.49. The molecule has 134 valence electrons. The first-order valence-corrected chi connectivity index (χ1v) is 8.47. The van der Waals surface area contributed by atoms with E-state index in [1.165, 1.54) is 12.1 Å². The SMILES string of the molecule is CN1c2c(C#N)cc(Nc3ccc(F)cc3F)cc2[C@@H]2CNCC[C@@]21N. The van der Waals surface area contributed by atoms with Crippen LogP contribution in [0.5, 0.6) is 0 Å². The van der Waals surface area contributed by atoms with Crippen LogP contribution >= 0.6 is 0 Å². The number of rotatable bonds is 2. The molecule has 0 spiro atoms. The van der Waals surface area contributed by atoms with Crippen LogP contribution in [0, 0.1) is 23.0 Å². The van der Waals surface area contributed by atoms with Crippen molar-refractivity contribution in [3.8, 4) is 6.07 Å². The van der Waals surface area contributed by atoms with E-state index in [1.807, 2.05) is 18.0 Å². The normalized spacial score (nSPS) is 24.0. The second kappa shape index (κ2) is 5.94. The van der Waals surface area contributed by atoms with Gasteiger partial charge in [0.1, 0.15) is 17.7 Å². The highest BCUT2D eigenvalue weighted by molar-refractivity contribution is 5.77. The molecule has 2 aromatic rings. The molecular formula is C19H19F2N5. The number of nitriles is 1. The molecule has 0 unspecified atom stereocenters. The van der Waals surface area contributed by atoms with Gasteiger partial charge in [-0.2, -0.15) is 5.26 Å². The molecule has 1 fully saturated rings. The number of halogens is 2. The summed E-state index contributed by atoms with van der Waals surface area (Å²) >= 11 is 0. The largest absolute Gasteiger partial charge is 0.355 e. The monoisotopic (exact) mass is 355 g/mol. The zero-order valence-electron chi connectivity index (χ0n) is 14.3. The van der Waals surface area contributed by atoms with Crippen LogP contribution in [-0.4, -0.2) is 25.8 Å². The van der Waals surface area contributed by atoms with E-state index in [4.69, 9.17) is 5.73 Å². The molecule has 1 saturated heterocycles. The van der Waals surface area contributed by atoms with E-state index in [2.05, 4.69) is 16.7 Å². The summed E-state index contributed by atoms with van der Waals surface area (Å²) < 4.78 is 27.1. The van der Waals surface area contributed by atoms with Gasteiger partial charge in [-0.3, -0.25) is 0 Å². The molecule has 2 aromatic carbocycles. The number of piperidine rings is 1. The molecule has 0 aliphatic carbocycles. The number of anilines is 3. The molecule has 2 aliphatic heterocycles. The molecule has 2 heterocycles. The zero-order valence-corrected chi connectivity index (χ0v) is 14.3. The van der Waals surface area contributed by atoms with Crippen LogP contribution in [0.15, 0.2) is 30.3 Å². The lowest BCUT2D eigenvalue weighted by atomic mass is 9.84. The standard InChI is InChI=1S/C19H19F2N5/c1-26-18-11(9-22)6-13(25-17-3-2-12(20)7-16(17)21)8-14(18)15-10-24-5-4-19(15,26)23/h2-3,6-8,15,24-25H,4-5,10,23H2,1H3/t15-,19-/m0/s1. The number of hydrogen-bond donors (Lipinski definition) is 3. The number of fused-ring (bicyclic) bond motifs is 3. The Labute approximate surface area is 150 Å². The van der Waals surface area contributed by atoms with Crippen molar-refractivity contribution in [1.82, 2.24) is 5.32 Å². The Morgan fingerprint density at radius 2 is 2.15 bits per heavy atom. The third kappa shape index (κ3) is 2.42. The molecule has 0 saturated carbocycles. The highest BCUT2D eigenvalue weighted by Crippen LogP contribution is 2.49. The lowest BCUT2D eigenvalue weighted by Crippen LogP contribution is -2.61. The molecule has 4 rings (SSSR count). The first-order chi connectivity index (χ1) is 12.4. The Morgan fingerprint density at radius 1 is 1.35 bits per heavy atom. The van der Waals surface area contributed by atoms with Crippen molar-refractivity contribution < 1.29 is 8.78 Å². The van der Waals surface area contributed by atoms with Gasteiger partial charge in [0.15, 0.2) is 0 Å². The first kappa shape index (κ1) is 16.8. The molecule has 0 radical (unpaired) electrons. The third-order valence-corrected chi connectivity index (χ3v) is 5.46. The summed E-state index contributed by atoms with van der Waals surface area (Å²) in [5.74, 6) is -1.29. The lowest BCUT2D eigenvalue weighted by molar-refractivity contribution is 0.283. The predicted molar refractivity (Wildman–Crippen MR) is 96.3 cm³/mol. The van der Waals surface area contributed by atoms with Gasteiger partial charge in [0.25, 0.3) is 0 Å². The van der Waals surface area contributed by atoms with Crippen LogP contribution in [0.1, 0.15) is 23.5 Å². The Morgan fingerprint density at radius 3 is 2.88 bits per heavy atom. The summed E-state index contributed by atoms with van der Waals surface area (Å²) in [6, 6.07) is 9.15. The molecular weight excluding hydrogens is 336 g/mol. The number of nitrogens with two attached hydrogens (primary N) is 1. The van der Waals surface area contributed by atoms with Gasteiger partial charge in [0.05, 0.1) is 22.6 Å². The lowest BCUT2D eigenvalue weighted by Gasteiger charge is -2.42. The van der Waals surface area contributed by atoms with Crippen molar-refractivity contribution in [2.75, 3.05) is 30.4 Å². The van der Waals surface area contributed by atoms with Gasteiger partial charge in [-0.1, -0.05) is 0 Å². The van der Waals surface area contributed by atoms with E-state index >= 15 is 0 Å². The molecule has 2 atom stereocenters. The van der Waals surface area contributed by atoms with Crippen LogP contribution in [0.2, 0.25) is 0 Å². The summed E-state index contributed by atoms with van der Waals surface area (Å²) in [5.41, 5.74) is 9.14. The molecule has 26 heavy (non-hydrogen) atoms. The molecule has 7 heteroatoms. The Balaban J connectivity index is 1.79. The smallest absolute Gasteiger partial charge is 0.149 e. The molecule has 4 N–H and O–H groups in total. The number of hydrogen-bond acceptors (Lipinski definition) is 5. The fourth-order valence-corrected chi connectivity index (χ4v) is 4.08. The minimum absolute atomic E-state index is 0.0307. The maximum atomic E-state index is 14.0. The van der Waals surface area contributed by atoms with Gasteiger partial charge in [0, 0.05) is 31.3 Å². The van der Waals surface area contributed by atoms with E-state index < -0.39 is 17.3 Å². The van der Waals surface area contributed by atoms with E-state index in [-0.39, 0.29) is 11.6 Å². The first-order valence-electron chi connectivity index (χ1n) is 8.47. The van der Waals surface area contributed by atoms with Crippen molar-refractivity contribution in [1.29, 1.82) is 5.26 Å². The average molecular weight is 355 g/mol. The van der Waals surface area contributed by atoms with Crippen LogP contribution in [-0.2, 0) is 0 Å². The Bertz CT molecular complexity index is 923. The number of benzene rings is 2. The molecule has 2 aliphatic rings. The van der Waals surface area contributed by atoms with E-state index in [0.717, 1.165) is 30.3 Å². The van der Waals surface area contributed by atoms with Crippen LogP contribution in [0.4, 0.5) is 25.8 Å². The highest BCUT2D eigenvalue weighted by atomic mass is 19.1. The second-order valence-electron chi connectivity index (χ2n) is 6.88. The van der Waals surface area contributed by atoms with Gasteiger partial charge in [-0.25, -0.2) is 8.78 Å². The van der Waals surface area contributed by atoms with Crippen molar-refractivity contribution in [3.63, 3.8) is 0 Å². The van der Waals surface area contributed by atoms with E-state index in [9.17, 15) is 14.0 Å². The van der Waals surface area contributed by atoms with Crippen molar-refractivity contribution >= 4 is 17.1 Å². The Kier molecular flexibility index (Phi) is 3.83. The van der Waals surface area contributed by atoms with Gasteiger partial charge in [-0.05, 0) is 42.8 Å². The third-order valence-electron chi connectivity index (χ3n) is 5.46. The maximum absolute atomic E-state index is 14.0. The number of nitrogens with zero attached hydrogens (tertiary/aromatic N) is 2. The number of likely N-dealkylation sites (N-methyl/N-ethyl adjacent to an activating group) is 1. The van der Waals surface area contributed by atoms with Crippen molar-refractivity contribution in [2.45, 2.75) is 18.0 Å². The zero-order chi connectivity index (χ0) is 18.5. The second-order valence-corrected chi connectivity index (χ2v) is 6.88. The fraction of sp³-hybridized carbons (Fsp3) is 0.316. The topological polar surface area (TPSA) is 77.1 Å². The average Bonchev–Trinajstić information content (AvgIpc) is 2.85. The van der Waals surface area contributed by atoms with E-state index in [0.29, 0.717) is 17.8 Å². The summed E-state index contributed by atoms with van der Waals surface area (Å²) in [4.78, 5) is 1.99. The van der Waals surface area contributed by atoms with Gasteiger partial charge in [0.2, 0.25) is 0 Å². The minimum Gasteiger partial charge on any atom is -0.355 e.